The highest BCUT2D eigenvalue weighted by Crippen LogP contribution is 2.18. The van der Waals surface area contributed by atoms with Crippen molar-refractivity contribution in [3.63, 3.8) is 0 Å². The zero-order chi connectivity index (χ0) is 11.3. The van der Waals surface area contributed by atoms with Gasteiger partial charge in [0, 0.05) is 25.0 Å². The van der Waals surface area contributed by atoms with Gasteiger partial charge in [-0.3, -0.25) is 0 Å². The molecule has 1 aromatic rings. The van der Waals surface area contributed by atoms with Crippen LogP contribution in [0.5, 0.6) is 0 Å². The Bertz CT molecular complexity index is 294. The summed E-state index contributed by atoms with van der Waals surface area (Å²) < 4.78 is 0. The molecule has 0 radical (unpaired) electrons. The molecule has 2 unspecified atom stereocenters. The van der Waals surface area contributed by atoms with Crippen molar-refractivity contribution in [2.45, 2.75) is 18.6 Å². The lowest BCUT2D eigenvalue weighted by Crippen LogP contribution is -2.19. The van der Waals surface area contributed by atoms with Crippen LogP contribution in [0.25, 0.3) is 0 Å². The fourth-order valence-electron chi connectivity index (χ4n) is 1.13. The van der Waals surface area contributed by atoms with E-state index in [1.165, 1.54) is 12.4 Å². The van der Waals surface area contributed by atoms with Gasteiger partial charge in [0.2, 0.25) is 5.95 Å². The SMILES string of the molecule is CNc1ncc(C(O)C(O)CCS)cn1. The van der Waals surface area contributed by atoms with Crippen LogP contribution in [-0.4, -0.2) is 39.1 Å². The highest BCUT2D eigenvalue weighted by Gasteiger charge is 2.18. The molecule has 1 aromatic heterocycles. The van der Waals surface area contributed by atoms with Gasteiger partial charge in [0.25, 0.3) is 0 Å². The molecule has 1 rings (SSSR count). The first-order valence-corrected chi connectivity index (χ1v) is 5.29. The van der Waals surface area contributed by atoms with E-state index in [-0.39, 0.29) is 0 Å². The number of hydrogen-bond donors (Lipinski definition) is 4. The molecular weight excluding hydrogens is 214 g/mol. The fraction of sp³-hybridized carbons (Fsp3) is 0.556. The summed E-state index contributed by atoms with van der Waals surface area (Å²) in [6, 6.07) is 0. The summed E-state index contributed by atoms with van der Waals surface area (Å²) in [6.45, 7) is 0. The van der Waals surface area contributed by atoms with Gasteiger partial charge in [-0.1, -0.05) is 0 Å². The number of aliphatic hydroxyl groups is 2. The van der Waals surface area contributed by atoms with E-state index in [2.05, 4.69) is 27.9 Å². The third-order valence-corrected chi connectivity index (χ3v) is 2.28. The monoisotopic (exact) mass is 229 g/mol. The van der Waals surface area contributed by atoms with Gasteiger partial charge in [-0.15, -0.1) is 0 Å². The first-order chi connectivity index (χ1) is 7.19. The summed E-state index contributed by atoms with van der Waals surface area (Å²) in [5.41, 5.74) is 0.503. The molecule has 6 heteroatoms. The van der Waals surface area contributed by atoms with E-state index in [0.29, 0.717) is 23.7 Å². The van der Waals surface area contributed by atoms with Crippen LogP contribution in [0.4, 0.5) is 5.95 Å². The molecule has 0 amide bonds. The van der Waals surface area contributed by atoms with Crippen molar-refractivity contribution >= 4 is 18.6 Å². The third kappa shape index (κ3) is 3.33. The van der Waals surface area contributed by atoms with Crippen molar-refractivity contribution in [3.05, 3.63) is 18.0 Å². The number of rotatable bonds is 5. The molecule has 0 aromatic carbocycles. The largest absolute Gasteiger partial charge is 0.390 e. The summed E-state index contributed by atoms with van der Waals surface area (Å²) in [4.78, 5) is 7.90. The molecule has 15 heavy (non-hydrogen) atoms. The van der Waals surface area contributed by atoms with Gasteiger partial charge in [-0.2, -0.15) is 12.6 Å². The highest BCUT2D eigenvalue weighted by molar-refractivity contribution is 7.80. The van der Waals surface area contributed by atoms with Crippen molar-refractivity contribution in [1.82, 2.24) is 9.97 Å². The molecule has 0 spiro atoms. The maximum atomic E-state index is 9.70. The van der Waals surface area contributed by atoms with Gasteiger partial charge in [-0.05, 0) is 12.2 Å². The quantitative estimate of drug-likeness (QED) is 0.544. The maximum Gasteiger partial charge on any atom is 0.222 e. The van der Waals surface area contributed by atoms with Crippen LogP contribution < -0.4 is 5.32 Å². The Hall–Kier alpha value is -0.850. The van der Waals surface area contributed by atoms with E-state index in [0.717, 1.165) is 0 Å². The van der Waals surface area contributed by atoms with Gasteiger partial charge < -0.3 is 15.5 Å². The lowest BCUT2D eigenvalue weighted by atomic mass is 10.1. The minimum atomic E-state index is -0.956. The molecule has 0 saturated heterocycles. The van der Waals surface area contributed by atoms with Gasteiger partial charge >= 0.3 is 0 Å². The second-order valence-corrected chi connectivity index (χ2v) is 3.56. The summed E-state index contributed by atoms with van der Waals surface area (Å²) in [5, 5.41) is 22.0. The number of aliphatic hydroxyl groups excluding tert-OH is 2. The summed E-state index contributed by atoms with van der Waals surface area (Å²) >= 11 is 3.99. The van der Waals surface area contributed by atoms with Crippen molar-refractivity contribution in [1.29, 1.82) is 0 Å². The van der Waals surface area contributed by atoms with Gasteiger partial charge in [0.05, 0.1) is 6.10 Å². The summed E-state index contributed by atoms with van der Waals surface area (Å²) in [5.74, 6) is 1.00. The van der Waals surface area contributed by atoms with E-state index in [1.54, 1.807) is 7.05 Å². The molecule has 84 valence electrons. The van der Waals surface area contributed by atoms with E-state index in [9.17, 15) is 10.2 Å². The minimum absolute atomic E-state index is 0.429. The Labute approximate surface area is 94.0 Å². The van der Waals surface area contributed by atoms with E-state index >= 15 is 0 Å². The van der Waals surface area contributed by atoms with Gasteiger partial charge in [0.15, 0.2) is 0 Å². The molecule has 0 saturated carbocycles. The van der Waals surface area contributed by atoms with Crippen LogP contribution in [0.1, 0.15) is 18.1 Å². The van der Waals surface area contributed by atoms with Gasteiger partial charge in [-0.25, -0.2) is 9.97 Å². The zero-order valence-electron chi connectivity index (χ0n) is 8.46. The van der Waals surface area contributed by atoms with Crippen molar-refractivity contribution < 1.29 is 10.2 Å². The molecule has 0 bridgehead atoms. The van der Waals surface area contributed by atoms with Crippen molar-refractivity contribution in [2.75, 3.05) is 18.1 Å². The fourth-order valence-corrected chi connectivity index (χ4v) is 1.40. The Morgan fingerprint density at radius 3 is 2.47 bits per heavy atom. The second-order valence-electron chi connectivity index (χ2n) is 3.11. The number of aromatic nitrogens is 2. The van der Waals surface area contributed by atoms with Crippen LogP contribution >= 0.6 is 12.6 Å². The van der Waals surface area contributed by atoms with Crippen molar-refractivity contribution in [3.8, 4) is 0 Å². The number of hydrogen-bond acceptors (Lipinski definition) is 6. The number of nitrogens with one attached hydrogen (secondary N) is 1. The first-order valence-electron chi connectivity index (χ1n) is 4.65. The smallest absolute Gasteiger partial charge is 0.222 e. The number of thiol groups is 1. The van der Waals surface area contributed by atoms with Gasteiger partial charge in [0.1, 0.15) is 6.10 Å². The Balaban J connectivity index is 2.69. The second kappa shape index (κ2) is 5.89. The zero-order valence-corrected chi connectivity index (χ0v) is 9.35. The maximum absolute atomic E-state index is 9.70. The molecule has 0 aliphatic rings. The molecular formula is C9H15N3O2S. The lowest BCUT2D eigenvalue weighted by molar-refractivity contribution is 0.0168. The third-order valence-electron chi connectivity index (χ3n) is 2.03. The van der Waals surface area contributed by atoms with E-state index in [4.69, 9.17) is 0 Å². The summed E-state index contributed by atoms with van der Waals surface area (Å²) in [7, 11) is 1.71. The Morgan fingerprint density at radius 2 is 2.00 bits per heavy atom. The predicted molar refractivity (Wildman–Crippen MR) is 61.0 cm³/mol. The lowest BCUT2D eigenvalue weighted by Gasteiger charge is -2.16. The molecule has 3 N–H and O–H groups in total. The first kappa shape index (κ1) is 12.2. The minimum Gasteiger partial charge on any atom is -0.390 e. The normalized spacial score (nSPS) is 14.7. The number of nitrogens with zero attached hydrogens (tertiary/aromatic N) is 2. The van der Waals surface area contributed by atoms with Crippen LogP contribution in [0.3, 0.4) is 0 Å². The molecule has 2 atom stereocenters. The predicted octanol–water partition coefficient (Wildman–Crippen LogP) is 0.232. The van der Waals surface area contributed by atoms with Crippen LogP contribution in [0, 0.1) is 0 Å². The highest BCUT2D eigenvalue weighted by atomic mass is 32.1. The number of anilines is 1. The van der Waals surface area contributed by atoms with Crippen LogP contribution in [-0.2, 0) is 0 Å². The molecule has 0 fully saturated rings. The molecule has 1 heterocycles. The Morgan fingerprint density at radius 1 is 1.40 bits per heavy atom. The van der Waals surface area contributed by atoms with Crippen molar-refractivity contribution in [2.24, 2.45) is 0 Å². The standard InChI is InChI=1S/C9H15N3O2S/c1-10-9-11-4-6(5-12-9)8(14)7(13)2-3-15/h4-5,7-8,13-15H,2-3H2,1H3,(H,10,11,12). The average molecular weight is 229 g/mol. The topological polar surface area (TPSA) is 78.3 Å². The molecule has 5 nitrogen and oxygen atoms in total. The average Bonchev–Trinajstić information content (AvgIpc) is 2.28. The Kier molecular flexibility index (Phi) is 4.80. The van der Waals surface area contributed by atoms with Crippen LogP contribution in [0.15, 0.2) is 12.4 Å². The van der Waals surface area contributed by atoms with Crippen LogP contribution in [0.2, 0.25) is 0 Å². The summed E-state index contributed by atoms with van der Waals surface area (Å²) in [6.07, 6.45) is 1.63. The molecule has 0 aliphatic carbocycles. The van der Waals surface area contributed by atoms with E-state index < -0.39 is 12.2 Å². The molecule has 0 aliphatic heterocycles. The van der Waals surface area contributed by atoms with E-state index in [1.807, 2.05) is 0 Å².